The number of aryl methyl sites for hydroxylation is 1. The molecule has 2 aromatic carbocycles. The van der Waals surface area contributed by atoms with Gasteiger partial charge in [-0.25, -0.2) is 0 Å². The van der Waals surface area contributed by atoms with Crippen molar-refractivity contribution < 1.29 is 23.7 Å². The third kappa shape index (κ3) is 3.35. The second-order valence-electron chi connectivity index (χ2n) is 5.57. The molecule has 0 saturated carbocycles. The van der Waals surface area contributed by atoms with E-state index in [0.29, 0.717) is 33.4 Å². The maximum absolute atomic E-state index is 12.8. The van der Waals surface area contributed by atoms with Crippen molar-refractivity contribution in [2.24, 2.45) is 12.0 Å². The Balaban J connectivity index is 2.16. The minimum atomic E-state index is -0.408. The highest BCUT2D eigenvalue weighted by Gasteiger charge is 2.16. The van der Waals surface area contributed by atoms with Crippen molar-refractivity contribution in [2.45, 2.75) is 0 Å². The molecule has 0 aliphatic heterocycles. The molecule has 0 N–H and O–H groups in total. The predicted octanol–water partition coefficient (Wildman–Crippen LogP) is 3.02. The van der Waals surface area contributed by atoms with E-state index < -0.39 is 5.91 Å². The number of hydrogen-bond acceptors (Lipinski definition) is 6. The topological polar surface area (TPSA) is 71.3 Å². The molecule has 0 radical (unpaired) electrons. The van der Waals surface area contributed by atoms with Crippen LogP contribution < -0.4 is 23.7 Å². The second-order valence-corrected chi connectivity index (χ2v) is 6.55. The van der Waals surface area contributed by atoms with Crippen LogP contribution in [0.25, 0.3) is 10.2 Å². The van der Waals surface area contributed by atoms with Crippen molar-refractivity contribution in [1.29, 1.82) is 0 Å². The lowest BCUT2D eigenvalue weighted by atomic mass is 10.2. The van der Waals surface area contributed by atoms with Crippen molar-refractivity contribution in [1.82, 2.24) is 4.57 Å². The molecular formula is C19H20N2O5S. The first-order valence-corrected chi connectivity index (χ1v) is 8.87. The summed E-state index contributed by atoms with van der Waals surface area (Å²) in [4.78, 5) is 17.6. The lowest BCUT2D eigenvalue weighted by Crippen LogP contribution is -2.14. The van der Waals surface area contributed by atoms with Gasteiger partial charge >= 0.3 is 0 Å². The van der Waals surface area contributed by atoms with Crippen LogP contribution in [0.15, 0.2) is 35.3 Å². The fourth-order valence-electron chi connectivity index (χ4n) is 2.75. The summed E-state index contributed by atoms with van der Waals surface area (Å²) in [5.74, 6) is 1.98. The number of thiazole rings is 1. The van der Waals surface area contributed by atoms with E-state index in [2.05, 4.69) is 4.99 Å². The van der Waals surface area contributed by atoms with Crippen molar-refractivity contribution in [2.75, 3.05) is 28.4 Å². The molecule has 0 spiro atoms. The number of fused-ring (bicyclic) bond motifs is 1. The Labute approximate surface area is 160 Å². The van der Waals surface area contributed by atoms with Gasteiger partial charge in [0.05, 0.1) is 34.0 Å². The Kier molecular flexibility index (Phi) is 5.36. The molecule has 142 valence electrons. The molecule has 0 atom stereocenters. The fraction of sp³-hybridized carbons (Fsp3) is 0.263. The van der Waals surface area contributed by atoms with Crippen LogP contribution >= 0.6 is 11.3 Å². The van der Waals surface area contributed by atoms with Crippen molar-refractivity contribution in [3.8, 4) is 23.0 Å². The van der Waals surface area contributed by atoms with Crippen molar-refractivity contribution in [3.05, 3.63) is 40.7 Å². The number of benzene rings is 2. The van der Waals surface area contributed by atoms with Crippen molar-refractivity contribution >= 4 is 27.5 Å². The van der Waals surface area contributed by atoms with Crippen LogP contribution in [0.2, 0.25) is 0 Å². The molecule has 1 amide bonds. The van der Waals surface area contributed by atoms with E-state index in [0.717, 1.165) is 10.2 Å². The summed E-state index contributed by atoms with van der Waals surface area (Å²) in [5, 5.41) is 0. The van der Waals surface area contributed by atoms with Gasteiger partial charge in [0.1, 0.15) is 33.2 Å². The van der Waals surface area contributed by atoms with Crippen LogP contribution in [0.5, 0.6) is 23.0 Å². The van der Waals surface area contributed by atoms with Crippen LogP contribution in [0, 0.1) is 0 Å². The molecule has 3 rings (SSSR count). The van der Waals surface area contributed by atoms with E-state index in [4.69, 9.17) is 18.9 Å². The van der Waals surface area contributed by atoms with Crippen LogP contribution in [-0.2, 0) is 7.05 Å². The summed E-state index contributed by atoms with van der Waals surface area (Å²) in [5.41, 5.74) is 1.17. The SMILES string of the molecule is COc1ccc(C(=O)N=c2sc3c(OC)ccc(OC)c3n2C)c(OC)c1. The average Bonchev–Trinajstić information content (AvgIpc) is 3.03. The molecule has 0 saturated heterocycles. The molecule has 1 aromatic heterocycles. The van der Waals surface area contributed by atoms with Gasteiger partial charge in [-0.05, 0) is 24.3 Å². The summed E-state index contributed by atoms with van der Waals surface area (Å²) in [6, 6.07) is 8.64. The highest BCUT2D eigenvalue weighted by Crippen LogP contribution is 2.34. The molecule has 0 bridgehead atoms. The third-order valence-corrected chi connectivity index (χ3v) is 5.30. The number of carbonyl (C=O) groups is 1. The fourth-order valence-corrected chi connectivity index (χ4v) is 3.88. The predicted molar refractivity (Wildman–Crippen MR) is 103 cm³/mol. The van der Waals surface area contributed by atoms with Crippen LogP contribution in [0.4, 0.5) is 0 Å². The maximum atomic E-state index is 12.8. The molecular weight excluding hydrogens is 368 g/mol. The number of hydrogen-bond donors (Lipinski definition) is 0. The smallest absolute Gasteiger partial charge is 0.283 e. The lowest BCUT2D eigenvalue weighted by Gasteiger charge is -2.07. The first-order valence-electron chi connectivity index (χ1n) is 8.05. The van der Waals surface area contributed by atoms with E-state index in [1.807, 2.05) is 23.7 Å². The molecule has 3 aromatic rings. The Morgan fingerprint density at radius 1 is 0.926 bits per heavy atom. The summed E-state index contributed by atoms with van der Waals surface area (Å²) < 4.78 is 24.0. The summed E-state index contributed by atoms with van der Waals surface area (Å²) in [6.07, 6.45) is 0. The average molecular weight is 388 g/mol. The highest BCUT2D eigenvalue weighted by molar-refractivity contribution is 7.16. The number of ether oxygens (including phenoxy) is 4. The first kappa shape index (κ1) is 18.8. The van der Waals surface area contributed by atoms with Gasteiger partial charge in [0.2, 0.25) is 0 Å². The minimum absolute atomic E-state index is 0.356. The normalized spacial score (nSPS) is 11.5. The van der Waals surface area contributed by atoms with Crippen LogP contribution in [-0.4, -0.2) is 38.9 Å². The standard InChI is InChI=1S/C19H20N2O5S/c1-21-16-13(24-3)8-9-14(25-4)17(16)27-19(21)20-18(22)12-7-6-11(23-2)10-15(12)26-5/h6-10H,1-5H3. The molecule has 7 nitrogen and oxygen atoms in total. The largest absolute Gasteiger partial charge is 0.497 e. The summed E-state index contributed by atoms with van der Waals surface area (Å²) in [6.45, 7) is 0. The quantitative estimate of drug-likeness (QED) is 0.672. The zero-order chi connectivity index (χ0) is 19.6. The zero-order valence-corrected chi connectivity index (χ0v) is 16.5. The highest BCUT2D eigenvalue weighted by atomic mass is 32.1. The number of rotatable bonds is 5. The number of nitrogens with zero attached hydrogens (tertiary/aromatic N) is 2. The van der Waals surface area contributed by atoms with E-state index in [1.165, 1.54) is 18.4 Å². The second kappa shape index (κ2) is 7.71. The van der Waals surface area contributed by atoms with Gasteiger partial charge < -0.3 is 23.5 Å². The van der Waals surface area contributed by atoms with Gasteiger partial charge in [0.15, 0.2) is 4.80 Å². The van der Waals surface area contributed by atoms with Gasteiger partial charge in [0, 0.05) is 13.1 Å². The Morgan fingerprint density at radius 2 is 1.59 bits per heavy atom. The van der Waals surface area contributed by atoms with Crippen LogP contribution in [0.3, 0.4) is 0 Å². The van der Waals surface area contributed by atoms with Gasteiger partial charge in [-0.1, -0.05) is 11.3 Å². The third-order valence-electron chi connectivity index (χ3n) is 4.15. The molecule has 1 heterocycles. The summed E-state index contributed by atoms with van der Waals surface area (Å²) >= 11 is 1.35. The molecule has 0 fully saturated rings. The van der Waals surface area contributed by atoms with Crippen LogP contribution in [0.1, 0.15) is 10.4 Å². The van der Waals surface area contributed by atoms with E-state index in [1.54, 1.807) is 39.5 Å². The molecule has 0 unspecified atom stereocenters. The number of methoxy groups -OCH3 is 4. The van der Waals surface area contributed by atoms with E-state index >= 15 is 0 Å². The molecule has 27 heavy (non-hydrogen) atoms. The van der Waals surface area contributed by atoms with E-state index in [9.17, 15) is 4.79 Å². The molecule has 0 aliphatic carbocycles. The zero-order valence-electron chi connectivity index (χ0n) is 15.7. The minimum Gasteiger partial charge on any atom is -0.497 e. The van der Waals surface area contributed by atoms with Gasteiger partial charge in [-0.15, -0.1) is 0 Å². The lowest BCUT2D eigenvalue weighted by molar-refractivity contribution is 0.0995. The number of amides is 1. The van der Waals surface area contributed by atoms with Gasteiger partial charge in [0.25, 0.3) is 5.91 Å². The maximum Gasteiger partial charge on any atom is 0.283 e. The monoisotopic (exact) mass is 388 g/mol. The van der Waals surface area contributed by atoms with Gasteiger partial charge in [-0.2, -0.15) is 4.99 Å². The summed E-state index contributed by atoms with van der Waals surface area (Å²) in [7, 11) is 8.09. The number of aromatic nitrogens is 1. The Hall–Kier alpha value is -3.00. The molecule has 8 heteroatoms. The van der Waals surface area contributed by atoms with Gasteiger partial charge in [-0.3, -0.25) is 4.79 Å². The number of carbonyl (C=O) groups excluding carboxylic acids is 1. The molecule has 0 aliphatic rings. The Morgan fingerprint density at radius 3 is 2.22 bits per heavy atom. The van der Waals surface area contributed by atoms with Crippen molar-refractivity contribution in [3.63, 3.8) is 0 Å². The van der Waals surface area contributed by atoms with E-state index in [-0.39, 0.29) is 0 Å². The Bertz CT molecular complexity index is 1070. The first-order chi connectivity index (χ1) is 13.0.